The lowest BCUT2D eigenvalue weighted by atomic mass is 9.66. The molecule has 0 heterocycles. The first-order valence-electron chi connectivity index (χ1n) is 10.3. The lowest BCUT2D eigenvalue weighted by Gasteiger charge is -2.44. The number of aliphatic hydroxyl groups is 2. The van der Waals surface area contributed by atoms with E-state index >= 15 is 0 Å². The van der Waals surface area contributed by atoms with Gasteiger partial charge in [-0.05, 0) is 68.5 Å². The Bertz CT molecular complexity index is 563. The maximum absolute atomic E-state index is 10.6. The van der Waals surface area contributed by atoms with Crippen molar-refractivity contribution in [3.8, 4) is 12.3 Å². The Hall–Kier alpha value is -0.603. The molecule has 0 bridgehead atoms. The van der Waals surface area contributed by atoms with Crippen LogP contribution < -0.4 is 0 Å². The van der Waals surface area contributed by atoms with Crippen LogP contribution in [0.1, 0.15) is 61.3 Å². The van der Waals surface area contributed by atoms with Crippen molar-refractivity contribution in [2.24, 2.45) is 23.7 Å². The summed E-state index contributed by atoms with van der Waals surface area (Å²) in [5, 5.41) is 21.1. The second-order valence-corrected chi connectivity index (χ2v) is 15.3. The summed E-state index contributed by atoms with van der Waals surface area (Å²) in [6.45, 7) is 20.3. The zero-order chi connectivity index (χ0) is 21.2. The molecule has 0 aromatic heterocycles. The third-order valence-corrected chi connectivity index (χ3v) is 11.6. The highest BCUT2D eigenvalue weighted by Gasteiger charge is 2.42. The van der Waals surface area contributed by atoms with Crippen molar-refractivity contribution in [1.82, 2.24) is 0 Å². The van der Waals surface area contributed by atoms with Crippen LogP contribution in [0.5, 0.6) is 0 Å². The molecule has 0 aromatic rings. The number of hydrogen-bond donors (Lipinski definition) is 2. The summed E-state index contributed by atoms with van der Waals surface area (Å²) in [5.74, 6) is 3.87. The zero-order valence-electron chi connectivity index (χ0n) is 19.0. The van der Waals surface area contributed by atoms with Crippen molar-refractivity contribution in [2.45, 2.75) is 91.1 Å². The number of allylic oxidation sites excluding steroid dienone is 2. The van der Waals surface area contributed by atoms with Crippen LogP contribution in [-0.2, 0) is 4.43 Å². The van der Waals surface area contributed by atoms with Crippen LogP contribution in [0.25, 0.3) is 0 Å². The second-order valence-electron chi connectivity index (χ2n) is 10.5. The van der Waals surface area contributed by atoms with Crippen LogP contribution in [0.2, 0.25) is 18.1 Å². The molecule has 1 rings (SSSR count). The van der Waals surface area contributed by atoms with Crippen LogP contribution in [0.4, 0.5) is 0 Å². The Morgan fingerprint density at radius 3 is 2.30 bits per heavy atom. The molecule has 2 N–H and O–H groups in total. The van der Waals surface area contributed by atoms with Gasteiger partial charge in [-0.15, -0.1) is 6.42 Å². The minimum absolute atomic E-state index is 0.169. The summed E-state index contributed by atoms with van der Waals surface area (Å²) in [7, 11) is -1.85. The molecule has 0 aromatic carbocycles. The Morgan fingerprint density at radius 1 is 1.30 bits per heavy atom. The van der Waals surface area contributed by atoms with E-state index in [4.69, 9.17) is 10.8 Å². The fraction of sp³-hybridized carbons (Fsp3) is 0.826. The Balaban J connectivity index is 3.10. The molecule has 1 aliphatic rings. The van der Waals surface area contributed by atoms with Gasteiger partial charge in [0.05, 0.1) is 6.10 Å². The van der Waals surface area contributed by atoms with Gasteiger partial charge in [-0.25, -0.2) is 0 Å². The van der Waals surface area contributed by atoms with E-state index in [-0.39, 0.29) is 11.0 Å². The molecule has 0 spiro atoms. The molecule has 3 nitrogen and oxygen atoms in total. The molecule has 0 fully saturated rings. The van der Waals surface area contributed by atoms with E-state index in [1.165, 1.54) is 12.5 Å². The molecular weight excluding hydrogens is 352 g/mol. The highest BCUT2D eigenvalue weighted by molar-refractivity contribution is 6.74. The van der Waals surface area contributed by atoms with E-state index in [1.54, 1.807) is 0 Å². The van der Waals surface area contributed by atoms with Gasteiger partial charge in [0, 0.05) is 6.61 Å². The lowest BCUT2D eigenvalue weighted by Crippen LogP contribution is -2.46. The first kappa shape index (κ1) is 24.4. The standard InChI is InChI=1S/C23H42O3Si/c1-11-23(8,25)21(24)14-19-17(4)12-13-18(16(2)3)20(19)15-26-27(9,10)22(5,6)7/h1,12,16,18-21,24-25H,13-15H2,2-10H3/t18-,19+,20-,21?,23+/m1/s1. The molecule has 1 unspecified atom stereocenters. The monoisotopic (exact) mass is 394 g/mol. The number of terminal acetylenes is 1. The SMILES string of the molecule is C#C[C@](C)(O)C(O)C[C@H]1C(C)=CC[C@H](C(C)C)[C@H]1CO[Si](C)(C)C(C)(C)C. The van der Waals surface area contributed by atoms with Gasteiger partial charge in [0.15, 0.2) is 8.32 Å². The van der Waals surface area contributed by atoms with Crippen molar-refractivity contribution < 1.29 is 14.6 Å². The maximum atomic E-state index is 10.6. The fourth-order valence-corrected chi connectivity index (χ4v) is 4.78. The normalized spacial score (nSPS) is 27.7. The van der Waals surface area contributed by atoms with Crippen molar-refractivity contribution >= 4 is 8.32 Å². The summed E-state index contributed by atoms with van der Waals surface area (Å²) >= 11 is 0. The van der Waals surface area contributed by atoms with E-state index in [9.17, 15) is 10.2 Å². The molecule has 0 amide bonds. The number of hydrogen-bond acceptors (Lipinski definition) is 3. The third kappa shape index (κ3) is 5.94. The second kappa shape index (κ2) is 8.82. The first-order chi connectivity index (χ1) is 12.1. The molecule has 27 heavy (non-hydrogen) atoms. The molecule has 5 atom stereocenters. The fourth-order valence-electron chi connectivity index (χ4n) is 3.74. The van der Waals surface area contributed by atoms with E-state index in [2.05, 4.69) is 66.6 Å². The van der Waals surface area contributed by atoms with E-state index in [1.807, 2.05) is 0 Å². The molecule has 0 saturated heterocycles. The minimum atomic E-state index is -1.85. The Labute approximate surface area is 168 Å². The average molecular weight is 395 g/mol. The van der Waals surface area contributed by atoms with E-state index in [0.717, 1.165) is 6.42 Å². The van der Waals surface area contributed by atoms with Crippen molar-refractivity contribution in [3.63, 3.8) is 0 Å². The lowest BCUT2D eigenvalue weighted by molar-refractivity contribution is -0.0392. The minimum Gasteiger partial charge on any atom is -0.417 e. The molecule has 0 saturated carbocycles. The predicted molar refractivity (Wildman–Crippen MR) is 117 cm³/mol. The molecule has 0 radical (unpaired) electrons. The van der Waals surface area contributed by atoms with E-state index < -0.39 is 20.0 Å². The summed E-state index contributed by atoms with van der Waals surface area (Å²) in [6.07, 6.45) is 8.30. The smallest absolute Gasteiger partial charge is 0.191 e. The summed E-state index contributed by atoms with van der Waals surface area (Å²) < 4.78 is 6.61. The quantitative estimate of drug-likeness (QED) is 0.363. The van der Waals surface area contributed by atoms with Crippen LogP contribution in [-0.4, -0.2) is 36.8 Å². The van der Waals surface area contributed by atoms with Crippen LogP contribution in [0.3, 0.4) is 0 Å². The number of aliphatic hydroxyl groups excluding tert-OH is 1. The number of rotatable bonds is 7. The zero-order valence-corrected chi connectivity index (χ0v) is 20.0. The summed E-state index contributed by atoms with van der Waals surface area (Å²) in [5.41, 5.74) is -0.224. The van der Waals surface area contributed by atoms with Crippen molar-refractivity contribution in [2.75, 3.05) is 6.61 Å². The maximum Gasteiger partial charge on any atom is 0.191 e. The average Bonchev–Trinajstić information content (AvgIpc) is 2.53. The van der Waals surface area contributed by atoms with Gasteiger partial charge in [0.25, 0.3) is 0 Å². The van der Waals surface area contributed by atoms with E-state index in [0.29, 0.717) is 30.8 Å². The van der Waals surface area contributed by atoms with Gasteiger partial charge >= 0.3 is 0 Å². The third-order valence-electron chi connectivity index (χ3n) is 7.08. The highest BCUT2D eigenvalue weighted by atomic mass is 28.4. The predicted octanol–water partition coefficient (Wildman–Crippen LogP) is 5.00. The Morgan fingerprint density at radius 2 is 1.85 bits per heavy atom. The Kier molecular flexibility index (Phi) is 7.98. The molecular formula is C23H42O3Si. The molecule has 1 aliphatic carbocycles. The van der Waals surface area contributed by atoms with Gasteiger partial charge in [-0.2, -0.15) is 0 Å². The van der Waals surface area contributed by atoms with Crippen molar-refractivity contribution in [3.05, 3.63) is 11.6 Å². The van der Waals surface area contributed by atoms with Crippen LogP contribution >= 0.6 is 0 Å². The molecule has 4 heteroatoms. The van der Waals surface area contributed by atoms with Gasteiger partial charge < -0.3 is 14.6 Å². The van der Waals surface area contributed by atoms with Gasteiger partial charge in [0.1, 0.15) is 5.60 Å². The summed E-state index contributed by atoms with van der Waals surface area (Å²) in [6, 6.07) is 0. The first-order valence-corrected chi connectivity index (χ1v) is 13.2. The van der Waals surface area contributed by atoms with Gasteiger partial charge in [-0.1, -0.05) is 52.2 Å². The van der Waals surface area contributed by atoms with Crippen LogP contribution in [0, 0.1) is 36.0 Å². The highest BCUT2D eigenvalue weighted by Crippen LogP contribution is 2.44. The molecule has 156 valence electrons. The van der Waals surface area contributed by atoms with Gasteiger partial charge in [-0.3, -0.25) is 0 Å². The van der Waals surface area contributed by atoms with Crippen LogP contribution in [0.15, 0.2) is 11.6 Å². The largest absolute Gasteiger partial charge is 0.417 e. The van der Waals surface area contributed by atoms with Crippen molar-refractivity contribution in [1.29, 1.82) is 0 Å². The topological polar surface area (TPSA) is 49.7 Å². The van der Waals surface area contributed by atoms with Gasteiger partial charge in [0.2, 0.25) is 0 Å². The molecule has 0 aliphatic heterocycles. The summed E-state index contributed by atoms with van der Waals surface area (Å²) in [4.78, 5) is 0.